The van der Waals surface area contributed by atoms with E-state index in [-0.39, 0.29) is 5.91 Å². The second-order valence-corrected chi connectivity index (χ2v) is 5.21. The smallest absolute Gasteiger partial charge is 0.224 e. The third-order valence-electron chi connectivity index (χ3n) is 1.99. The maximum absolute atomic E-state index is 11.5. The molecule has 0 aliphatic carbocycles. The van der Waals surface area contributed by atoms with Gasteiger partial charge in [-0.25, -0.2) is 0 Å². The van der Waals surface area contributed by atoms with Gasteiger partial charge in [-0.2, -0.15) is 0 Å². The Bertz CT molecular complexity index is 382. The average molecular weight is 354 g/mol. The topological polar surface area (TPSA) is 49.3 Å². The van der Waals surface area contributed by atoms with Crippen molar-refractivity contribution in [2.24, 2.45) is 0 Å². The molecule has 0 bridgehead atoms. The number of halogens is 2. The van der Waals surface area contributed by atoms with Crippen LogP contribution >= 0.6 is 34.2 Å². The van der Waals surface area contributed by atoms with E-state index >= 15 is 0 Å². The van der Waals surface area contributed by atoms with E-state index in [1.165, 1.54) is 0 Å². The number of benzene rings is 1. The normalized spacial score (nSPS) is 12.2. The number of hydrogen-bond donors (Lipinski definition) is 2. The first kappa shape index (κ1) is 13.7. The molecule has 0 heterocycles. The fourth-order valence-corrected chi connectivity index (χ4v) is 2.05. The first-order valence-electron chi connectivity index (χ1n) is 4.92. The highest BCUT2D eigenvalue weighted by atomic mass is 127. The van der Waals surface area contributed by atoms with E-state index in [0.717, 1.165) is 3.57 Å². The van der Waals surface area contributed by atoms with Crippen LogP contribution in [0.25, 0.3) is 0 Å². The van der Waals surface area contributed by atoms with Crippen molar-refractivity contribution < 1.29 is 9.90 Å². The third-order valence-corrected chi connectivity index (χ3v) is 2.98. The summed E-state index contributed by atoms with van der Waals surface area (Å²) in [7, 11) is 0. The largest absolute Gasteiger partial charge is 0.393 e. The van der Waals surface area contributed by atoms with Crippen LogP contribution in [0.15, 0.2) is 18.2 Å². The van der Waals surface area contributed by atoms with Crippen molar-refractivity contribution in [1.82, 2.24) is 0 Å². The van der Waals surface area contributed by atoms with Crippen LogP contribution in [0, 0.1) is 3.57 Å². The number of aliphatic hydroxyl groups is 1. The van der Waals surface area contributed by atoms with Crippen LogP contribution in [-0.4, -0.2) is 17.1 Å². The Morgan fingerprint density at radius 1 is 1.62 bits per heavy atom. The molecule has 1 rings (SSSR count). The molecule has 0 fully saturated rings. The van der Waals surface area contributed by atoms with Crippen molar-refractivity contribution in [3.05, 3.63) is 26.8 Å². The van der Waals surface area contributed by atoms with E-state index in [0.29, 0.717) is 23.6 Å². The highest BCUT2D eigenvalue weighted by Crippen LogP contribution is 2.23. The van der Waals surface area contributed by atoms with E-state index in [1.807, 2.05) is 6.07 Å². The Hall–Kier alpha value is -0.330. The van der Waals surface area contributed by atoms with Gasteiger partial charge in [-0.05, 0) is 54.1 Å². The molecule has 0 aliphatic heterocycles. The summed E-state index contributed by atoms with van der Waals surface area (Å²) in [4.78, 5) is 11.5. The molecule has 1 aromatic rings. The van der Waals surface area contributed by atoms with Crippen LogP contribution in [0.5, 0.6) is 0 Å². The molecule has 2 N–H and O–H groups in total. The summed E-state index contributed by atoms with van der Waals surface area (Å²) < 4.78 is 1.02. The number of carbonyl (C=O) groups excluding carboxylic acids is 1. The number of nitrogens with one attached hydrogen (secondary N) is 1. The van der Waals surface area contributed by atoms with Gasteiger partial charge in [0, 0.05) is 9.99 Å². The SMILES string of the molecule is CC(O)CCC(=O)Nc1ccc(I)cc1Cl. The Morgan fingerprint density at radius 2 is 2.31 bits per heavy atom. The van der Waals surface area contributed by atoms with Gasteiger partial charge in [-0.1, -0.05) is 11.6 Å². The van der Waals surface area contributed by atoms with Gasteiger partial charge >= 0.3 is 0 Å². The molecular formula is C11H13ClINO2. The van der Waals surface area contributed by atoms with E-state index in [9.17, 15) is 4.79 Å². The first-order chi connectivity index (χ1) is 7.49. The molecule has 0 saturated heterocycles. The van der Waals surface area contributed by atoms with Crippen molar-refractivity contribution in [3.63, 3.8) is 0 Å². The molecule has 0 saturated carbocycles. The van der Waals surface area contributed by atoms with Gasteiger partial charge in [0.2, 0.25) is 5.91 Å². The minimum atomic E-state index is -0.460. The van der Waals surface area contributed by atoms with Crippen molar-refractivity contribution in [2.45, 2.75) is 25.9 Å². The van der Waals surface area contributed by atoms with Crippen molar-refractivity contribution in [3.8, 4) is 0 Å². The van der Waals surface area contributed by atoms with E-state index in [2.05, 4.69) is 27.9 Å². The Balaban J connectivity index is 2.56. The quantitative estimate of drug-likeness (QED) is 0.818. The summed E-state index contributed by atoms with van der Waals surface area (Å²) >= 11 is 8.12. The Labute approximate surface area is 113 Å². The standard InChI is InChI=1S/C11H13ClINO2/c1-7(15)2-5-11(16)14-10-4-3-8(13)6-9(10)12/h3-4,6-7,15H,2,5H2,1H3,(H,14,16). The van der Waals surface area contributed by atoms with Crippen LogP contribution in [0.3, 0.4) is 0 Å². The second kappa shape index (κ2) is 6.42. The number of amides is 1. The predicted molar refractivity (Wildman–Crippen MR) is 73.7 cm³/mol. The lowest BCUT2D eigenvalue weighted by atomic mass is 10.2. The molecular weight excluding hydrogens is 340 g/mol. The summed E-state index contributed by atoms with van der Waals surface area (Å²) in [5.41, 5.74) is 0.609. The molecule has 16 heavy (non-hydrogen) atoms. The summed E-state index contributed by atoms with van der Waals surface area (Å²) in [6.07, 6.45) is 0.284. The molecule has 1 atom stereocenters. The predicted octanol–water partition coefficient (Wildman–Crippen LogP) is 3.04. The number of anilines is 1. The zero-order valence-corrected chi connectivity index (χ0v) is 11.7. The summed E-state index contributed by atoms with van der Waals surface area (Å²) in [6, 6.07) is 5.42. The highest BCUT2D eigenvalue weighted by molar-refractivity contribution is 14.1. The molecule has 0 aliphatic rings. The van der Waals surface area contributed by atoms with Crippen LogP contribution in [0.2, 0.25) is 5.02 Å². The third kappa shape index (κ3) is 4.67. The summed E-state index contributed by atoms with van der Waals surface area (Å²) in [6.45, 7) is 1.66. The van der Waals surface area contributed by atoms with Crippen LogP contribution < -0.4 is 5.32 Å². The lowest BCUT2D eigenvalue weighted by Gasteiger charge is -2.08. The van der Waals surface area contributed by atoms with E-state index < -0.39 is 6.10 Å². The van der Waals surface area contributed by atoms with Crippen molar-refractivity contribution in [2.75, 3.05) is 5.32 Å². The van der Waals surface area contributed by atoms with E-state index in [1.54, 1.807) is 19.1 Å². The lowest BCUT2D eigenvalue weighted by molar-refractivity contribution is -0.116. The van der Waals surface area contributed by atoms with Gasteiger partial charge < -0.3 is 10.4 Å². The average Bonchev–Trinajstić information content (AvgIpc) is 2.19. The lowest BCUT2D eigenvalue weighted by Crippen LogP contribution is -2.14. The number of hydrogen-bond acceptors (Lipinski definition) is 2. The van der Waals surface area contributed by atoms with Gasteiger partial charge in [-0.3, -0.25) is 4.79 Å². The molecule has 3 nitrogen and oxygen atoms in total. The zero-order chi connectivity index (χ0) is 12.1. The van der Waals surface area contributed by atoms with Crippen molar-refractivity contribution >= 4 is 45.8 Å². The van der Waals surface area contributed by atoms with Gasteiger partial charge in [0.15, 0.2) is 0 Å². The van der Waals surface area contributed by atoms with Gasteiger partial charge in [0.1, 0.15) is 0 Å². The molecule has 0 aromatic heterocycles. The van der Waals surface area contributed by atoms with Crippen LogP contribution in [0.4, 0.5) is 5.69 Å². The molecule has 1 aromatic carbocycles. The number of aliphatic hydroxyl groups excluding tert-OH is 1. The molecule has 5 heteroatoms. The Morgan fingerprint density at radius 3 is 2.88 bits per heavy atom. The maximum atomic E-state index is 11.5. The maximum Gasteiger partial charge on any atom is 0.224 e. The summed E-state index contributed by atoms with van der Waals surface area (Å²) in [5, 5.41) is 12.3. The summed E-state index contributed by atoms with van der Waals surface area (Å²) in [5.74, 6) is -0.135. The van der Waals surface area contributed by atoms with Crippen LogP contribution in [0.1, 0.15) is 19.8 Å². The molecule has 0 spiro atoms. The minimum absolute atomic E-state index is 0.135. The molecule has 1 unspecified atom stereocenters. The minimum Gasteiger partial charge on any atom is -0.393 e. The number of rotatable bonds is 4. The zero-order valence-electron chi connectivity index (χ0n) is 8.84. The van der Waals surface area contributed by atoms with Gasteiger partial charge in [0.05, 0.1) is 16.8 Å². The van der Waals surface area contributed by atoms with Gasteiger partial charge in [0.25, 0.3) is 0 Å². The fourth-order valence-electron chi connectivity index (χ4n) is 1.14. The highest BCUT2D eigenvalue weighted by Gasteiger charge is 2.07. The van der Waals surface area contributed by atoms with Crippen molar-refractivity contribution in [1.29, 1.82) is 0 Å². The van der Waals surface area contributed by atoms with Gasteiger partial charge in [-0.15, -0.1) is 0 Å². The number of carbonyl (C=O) groups is 1. The molecule has 1 amide bonds. The van der Waals surface area contributed by atoms with E-state index in [4.69, 9.17) is 16.7 Å². The fraction of sp³-hybridized carbons (Fsp3) is 0.364. The monoisotopic (exact) mass is 353 g/mol. The second-order valence-electron chi connectivity index (χ2n) is 3.56. The Kier molecular flexibility index (Phi) is 5.51. The molecule has 0 radical (unpaired) electrons. The molecule has 88 valence electrons. The van der Waals surface area contributed by atoms with Crippen LogP contribution in [-0.2, 0) is 4.79 Å². The first-order valence-corrected chi connectivity index (χ1v) is 6.37.